The first kappa shape index (κ1) is 14.3. The third-order valence-electron chi connectivity index (χ3n) is 3.32. The highest BCUT2D eigenvalue weighted by Gasteiger charge is 2.01. The summed E-state index contributed by atoms with van der Waals surface area (Å²) >= 11 is 0. The van der Waals surface area contributed by atoms with Gasteiger partial charge in [0.1, 0.15) is 5.82 Å². The minimum atomic E-state index is -0.195. The summed E-state index contributed by atoms with van der Waals surface area (Å²) in [6, 6.07) is 12.3. The van der Waals surface area contributed by atoms with Gasteiger partial charge in [0.2, 0.25) is 0 Å². The van der Waals surface area contributed by atoms with Crippen molar-refractivity contribution in [3.8, 4) is 0 Å². The number of hydrogen-bond donors (Lipinski definition) is 1. The van der Waals surface area contributed by atoms with Crippen molar-refractivity contribution in [2.45, 2.75) is 20.3 Å². The van der Waals surface area contributed by atoms with E-state index >= 15 is 0 Å². The molecule has 0 unspecified atom stereocenters. The zero-order chi connectivity index (χ0) is 14.5. The first-order valence-corrected chi connectivity index (χ1v) is 6.66. The maximum atomic E-state index is 13.0. The van der Waals surface area contributed by atoms with Crippen molar-refractivity contribution in [3.63, 3.8) is 0 Å². The molecule has 0 atom stereocenters. The minimum Gasteiger partial charge on any atom is -0.385 e. The maximum Gasteiger partial charge on any atom is 0.159 e. The average Bonchev–Trinajstić information content (AvgIpc) is 2.42. The number of benzene rings is 2. The molecule has 2 aromatic carbocycles. The van der Waals surface area contributed by atoms with Gasteiger partial charge >= 0.3 is 0 Å². The summed E-state index contributed by atoms with van der Waals surface area (Å²) in [5, 5.41) is 3.30. The SMILES string of the molecule is CC(=O)c1ccc(NCCc2ccc(F)cc2C)cc1. The fourth-order valence-corrected chi connectivity index (χ4v) is 2.10. The summed E-state index contributed by atoms with van der Waals surface area (Å²) in [6.07, 6.45) is 0.834. The van der Waals surface area contributed by atoms with Gasteiger partial charge in [-0.25, -0.2) is 4.39 Å². The number of aryl methyl sites for hydroxylation is 1. The summed E-state index contributed by atoms with van der Waals surface area (Å²) in [5.74, 6) is -0.127. The first-order valence-electron chi connectivity index (χ1n) is 6.66. The lowest BCUT2D eigenvalue weighted by molar-refractivity contribution is 0.101. The Kier molecular flexibility index (Phi) is 4.51. The molecule has 2 rings (SSSR count). The minimum absolute atomic E-state index is 0.0680. The predicted octanol–water partition coefficient (Wildman–Crippen LogP) is 3.99. The number of Topliss-reactive ketones (excluding diaryl/α,β-unsaturated/α-hetero) is 1. The molecule has 0 heterocycles. The third kappa shape index (κ3) is 3.67. The molecular weight excluding hydrogens is 253 g/mol. The molecule has 20 heavy (non-hydrogen) atoms. The Bertz CT molecular complexity index is 605. The van der Waals surface area contributed by atoms with E-state index in [0.29, 0.717) is 5.56 Å². The summed E-state index contributed by atoms with van der Waals surface area (Å²) in [6.45, 7) is 4.24. The number of hydrogen-bond acceptors (Lipinski definition) is 2. The van der Waals surface area contributed by atoms with Crippen molar-refractivity contribution >= 4 is 11.5 Å². The van der Waals surface area contributed by atoms with Crippen LogP contribution in [0.25, 0.3) is 0 Å². The summed E-state index contributed by atoms with van der Waals surface area (Å²) < 4.78 is 13.0. The van der Waals surface area contributed by atoms with E-state index in [1.807, 2.05) is 37.3 Å². The molecule has 0 aliphatic heterocycles. The maximum absolute atomic E-state index is 13.0. The number of carbonyl (C=O) groups excluding carboxylic acids is 1. The van der Waals surface area contributed by atoms with E-state index in [4.69, 9.17) is 0 Å². The normalized spacial score (nSPS) is 10.3. The Hall–Kier alpha value is -2.16. The second-order valence-corrected chi connectivity index (χ2v) is 4.88. The molecule has 2 aromatic rings. The highest BCUT2D eigenvalue weighted by Crippen LogP contribution is 2.13. The van der Waals surface area contributed by atoms with Crippen LogP contribution in [0, 0.1) is 12.7 Å². The van der Waals surface area contributed by atoms with Gasteiger partial charge in [0, 0.05) is 17.8 Å². The van der Waals surface area contributed by atoms with Gasteiger partial charge in [-0.15, -0.1) is 0 Å². The lowest BCUT2D eigenvalue weighted by Gasteiger charge is -2.09. The smallest absolute Gasteiger partial charge is 0.159 e. The van der Waals surface area contributed by atoms with Crippen molar-refractivity contribution < 1.29 is 9.18 Å². The van der Waals surface area contributed by atoms with Crippen LogP contribution < -0.4 is 5.32 Å². The number of nitrogens with one attached hydrogen (secondary N) is 1. The average molecular weight is 271 g/mol. The monoisotopic (exact) mass is 271 g/mol. The van der Waals surface area contributed by atoms with Gasteiger partial charge in [-0.1, -0.05) is 6.07 Å². The summed E-state index contributed by atoms with van der Waals surface area (Å²) in [5.41, 5.74) is 3.80. The van der Waals surface area contributed by atoms with E-state index in [0.717, 1.165) is 29.8 Å². The third-order valence-corrected chi connectivity index (χ3v) is 3.32. The van der Waals surface area contributed by atoms with Gasteiger partial charge < -0.3 is 5.32 Å². The number of rotatable bonds is 5. The molecule has 3 heteroatoms. The molecular formula is C17H18FNO. The highest BCUT2D eigenvalue weighted by atomic mass is 19.1. The topological polar surface area (TPSA) is 29.1 Å². The van der Waals surface area contributed by atoms with Gasteiger partial charge in [-0.3, -0.25) is 4.79 Å². The molecule has 0 aromatic heterocycles. The van der Waals surface area contributed by atoms with Crippen LogP contribution in [-0.4, -0.2) is 12.3 Å². The Morgan fingerprint density at radius 1 is 1.15 bits per heavy atom. The van der Waals surface area contributed by atoms with Gasteiger partial charge in [0.25, 0.3) is 0 Å². The lowest BCUT2D eigenvalue weighted by Crippen LogP contribution is -2.06. The van der Waals surface area contributed by atoms with Crippen molar-refractivity contribution in [2.75, 3.05) is 11.9 Å². The van der Waals surface area contributed by atoms with E-state index < -0.39 is 0 Å². The number of halogens is 1. The van der Waals surface area contributed by atoms with Crippen LogP contribution in [0.5, 0.6) is 0 Å². The Morgan fingerprint density at radius 3 is 2.45 bits per heavy atom. The molecule has 0 spiro atoms. The lowest BCUT2D eigenvalue weighted by atomic mass is 10.1. The molecule has 0 aliphatic carbocycles. The molecule has 0 saturated heterocycles. The first-order chi connectivity index (χ1) is 9.56. The number of anilines is 1. The van der Waals surface area contributed by atoms with Crippen molar-refractivity contribution in [3.05, 3.63) is 65.0 Å². The van der Waals surface area contributed by atoms with Crippen LogP contribution in [0.15, 0.2) is 42.5 Å². The molecule has 2 nitrogen and oxygen atoms in total. The molecule has 0 aliphatic rings. The van der Waals surface area contributed by atoms with Crippen LogP contribution in [0.4, 0.5) is 10.1 Å². The van der Waals surface area contributed by atoms with Gasteiger partial charge in [0.05, 0.1) is 0 Å². The molecule has 0 radical (unpaired) electrons. The van der Waals surface area contributed by atoms with E-state index in [9.17, 15) is 9.18 Å². The molecule has 0 saturated carbocycles. The molecule has 0 fully saturated rings. The molecule has 1 N–H and O–H groups in total. The van der Waals surface area contributed by atoms with E-state index in [2.05, 4.69) is 5.32 Å². The fourth-order valence-electron chi connectivity index (χ4n) is 2.10. The van der Waals surface area contributed by atoms with Crippen LogP contribution in [-0.2, 0) is 6.42 Å². The summed E-state index contributed by atoms with van der Waals surface area (Å²) in [7, 11) is 0. The number of carbonyl (C=O) groups is 1. The van der Waals surface area contributed by atoms with Crippen LogP contribution in [0.2, 0.25) is 0 Å². The second kappa shape index (κ2) is 6.33. The predicted molar refractivity (Wildman–Crippen MR) is 79.8 cm³/mol. The van der Waals surface area contributed by atoms with E-state index in [1.54, 1.807) is 13.0 Å². The zero-order valence-corrected chi connectivity index (χ0v) is 11.7. The summed E-state index contributed by atoms with van der Waals surface area (Å²) in [4.78, 5) is 11.2. The van der Waals surface area contributed by atoms with E-state index in [-0.39, 0.29) is 11.6 Å². The van der Waals surface area contributed by atoms with Crippen molar-refractivity contribution in [1.82, 2.24) is 0 Å². The Balaban J connectivity index is 1.91. The number of ketones is 1. The highest BCUT2D eigenvalue weighted by molar-refractivity contribution is 5.94. The Morgan fingerprint density at radius 2 is 1.85 bits per heavy atom. The Labute approximate surface area is 118 Å². The van der Waals surface area contributed by atoms with Crippen LogP contribution in [0.3, 0.4) is 0 Å². The molecule has 0 bridgehead atoms. The zero-order valence-electron chi connectivity index (χ0n) is 11.7. The standard InChI is InChI=1S/C17H18FNO/c1-12-11-16(18)6-3-14(12)9-10-19-17-7-4-15(5-8-17)13(2)20/h3-8,11,19H,9-10H2,1-2H3. The molecule has 104 valence electrons. The van der Waals surface area contributed by atoms with Crippen LogP contribution in [0.1, 0.15) is 28.4 Å². The second-order valence-electron chi connectivity index (χ2n) is 4.88. The van der Waals surface area contributed by atoms with Gasteiger partial charge in [-0.2, -0.15) is 0 Å². The van der Waals surface area contributed by atoms with Gasteiger partial charge in [0.15, 0.2) is 5.78 Å². The fraction of sp³-hybridized carbons (Fsp3) is 0.235. The van der Waals surface area contributed by atoms with E-state index in [1.165, 1.54) is 6.07 Å². The van der Waals surface area contributed by atoms with Crippen LogP contribution >= 0.6 is 0 Å². The van der Waals surface area contributed by atoms with Gasteiger partial charge in [-0.05, 0) is 67.8 Å². The quantitative estimate of drug-likeness (QED) is 0.833. The van der Waals surface area contributed by atoms with Crippen molar-refractivity contribution in [1.29, 1.82) is 0 Å². The van der Waals surface area contributed by atoms with Crippen molar-refractivity contribution in [2.24, 2.45) is 0 Å². The molecule has 0 amide bonds. The largest absolute Gasteiger partial charge is 0.385 e.